The van der Waals surface area contributed by atoms with Crippen LogP contribution in [0, 0.1) is 6.92 Å². The highest BCUT2D eigenvalue weighted by Crippen LogP contribution is 2.32. The van der Waals surface area contributed by atoms with E-state index in [9.17, 15) is 13.2 Å². The molecule has 1 heterocycles. The van der Waals surface area contributed by atoms with Crippen LogP contribution in [0.2, 0.25) is 5.02 Å². The lowest BCUT2D eigenvalue weighted by molar-refractivity contribution is -0.114. The largest absolute Gasteiger partial charge is 0.490 e. The van der Waals surface area contributed by atoms with E-state index >= 15 is 0 Å². The molecule has 2 aromatic carbocycles. The van der Waals surface area contributed by atoms with Crippen LogP contribution < -0.4 is 15.4 Å². The van der Waals surface area contributed by atoms with Gasteiger partial charge in [-0.15, -0.1) is 0 Å². The lowest BCUT2D eigenvalue weighted by Gasteiger charge is -2.26. The quantitative estimate of drug-likeness (QED) is 0.607. The molecule has 0 saturated carbocycles. The van der Waals surface area contributed by atoms with E-state index in [4.69, 9.17) is 16.3 Å². The van der Waals surface area contributed by atoms with Gasteiger partial charge in [0.05, 0.1) is 28.8 Å². The van der Waals surface area contributed by atoms with Crippen LogP contribution in [0.1, 0.15) is 31.7 Å². The van der Waals surface area contributed by atoms with E-state index in [1.54, 1.807) is 30.3 Å². The summed E-state index contributed by atoms with van der Waals surface area (Å²) in [5, 5.41) is 6.29. The second-order valence-corrected chi connectivity index (χ2v) is 9.74. The summed E-state index contributed by atoms with van der Waals surface area (Å²) in [6, 6.07) is 10.1. The molecule has 0 aromatic heterocycles. The Hall–Kier alpha value is -2.29. The number of anilines is 2. The number of hydrogen-bond donors (Lipinski definition) is 2. The molecule has 1 amide bonds. The zero-order valence-electron chi connectivity index (χ0n) is 17.8. The Labute approximate surface area is 188 Å². The van der Waals surface area contributed by atoms with Gasteiger partial charge in [-0.1, -0.05) is 30.2 Å². The van der Waals surface area contributed by atoms with Crippen molar-refractivity contribution in [2.75, 3.05) is 36.9 Å². The number of amides is 1. The number of carbonyl (C=O) groups excluding carboxylic acids is 1. The molecule has 0 unspecified atom stereocenters. The van der Waals surface area contributed by atoms with Gasteiger partial charge in [0.2, 0.25) is 15.9 Å². The van der Waals surface area contributed by atoms with Gasteiger partial charge < -0.3 is 15.4 Å². The van der Waals surface area contributed by atoms with Crippen molar-refractivity contribution in [2.45, 2.75) is 38.0 Å². The van der Waals surface area contributed by atoms with E-state index in [1.165, 1.54) is 10.4 Å². The van der Waals surface area contributed by atoms with Gasteiger partial charge in [0.25, 0.3) is 0 Å². The third-order valence-electron chi connectivity index (χ3n) is 5.13. The maximum Gasteiger partial charge on any atom is 0.243 e. The fraction of sp³-hybridized carbons (Fsp3) is 0.409. The third-order valence-corrected chi connectivity index (χ3v) is 7.32. The molecule has 2 N–H and O–H groups in total. The molecule has 31 heavy (non-hydrogen) atoms. The van der Waals surface area contributed by atoms with Crippen molar-refractivity contribution in [1.82, 2.24) is 4.31 Å². The van der Waals surface area contributed by atoms with Gasteiger partial charge in [-0.25, -0.2) is 8.42 Å². The molecule has 0 radical (unpaired) electrons. The van der Waals surface area contributed by atoms with Crippen LogP contribution in [0.5, 0.6) is 5.75 Å². The Morgan fingerprint density at radius 3 is 2.58 bits per heavy atom. The van der Waals surface area contributed by atoms with Crippen LogP contribution >= 0.6 is 11.6 Å². The fourth-order valence-corrected chi connectivity index (χ4v) is 5.23. The first-order valence-corrected chi connectivity index (χ1v) is 12.2. The van der Waals surface area contributed by atoms with Crippen molar-refractivity contribution in [1.29, 1.82) is 0 Å². The molecule has 0 aliphatic carbocycles. The summed E-state index contributed by atoms with van der Waals surface area (Å²) in [6.07, 6.45) is 2.78. The first-order valence-electron chi connectivity index (χ1n) is 10.4. The third kappa shape index (κ3) is 5.70. The molecule has 0 spiro atoms. The van der Waals surface area contributed by atoms with Crippen molar-refractivity contribution >= 4 is 38.9 Å². The van der Waals surface area contributed by atoms with Crippen molar-refractivity contribution in [3.63, 3.8) is 0 Å². The number of piperidine rings is 1. The van der Waals surface area contributed by atoms with Gasteiger partial charge in [-0.05, 0) is 56.5 Å². The monoisotopic (exact) mass is 465 g/mol. The maximum atomic E-state index is 13.0. The highest BCUT2D eigenvalue weighted by molar-refractivity contribution is 7.89. The second-order valence-electron chi connectivity index (χ2n) is 7.39. The Bertz CT molecular complexity index is 1040. The average molecular weight is 466 g/mol. The molecule has 1 fully saturated rings. The van der Waals surface area contributed by atoms with Gasteiger partial charge in [0.15, 0.2) is 5.75 Å². The van der Waals surface area contributed by atoms with Gasteiger partial charge in [-0.2, -0.15) is 4.31 Å². The lowest BCUT2D eigenvalue weighted by Crippen LogP contribution is -2.35. The van der Waals surface area contributed by atoms with Crippen LogP contribution in [0.4, 0.5) is 11.4 Å². The highest BCUT2D eigenvalue weighted by Gasteiger charge is 2.26. The molecular formula is C22H28ClN3O4S. The molecular weight excluding hydrogens is 438 g/mol. The van der Waals surface area contributed by atoms with Crippen LogP contribution in [-0.4, -0.2) is 44.9 Å². The number of aryl methyl sites for hydroxylation is 1. The summed E-state index contributed by atoms with van der Waals surface area (Å²) in [7, 11) is -3.57. The number of nitrogens with one attached hydrogen (secondary N) is 2. The number of nitrogens with zero attached hydrogens (tertiary/aromatic N) is 1. The molecule has 1 saturated heterocycles. The van der Waals surface area contributed by atoms with Crippen molar-refractivity contribution in [3.8, 4) is 5.75 Å². The van der Waals surface area contributed by atoms with E-state index in [0.29, 0.717) is 41.8 Å². The predicted molar refractivity (Wildman–Crippen MR) is 124 cm³/mol. The number of hydrogen-bond acceptors (Lipinski definition) is 5. The first kappa shape index (κ1) is 23.4. The lowest BCUT2D eigenvalue weighted by atomic mass is 10.2. The van der Waals surface area contributed by atoms with Gasteiger partial charge in [-0.3, -0.25) is 4.79 Å². The Kier molecular flexibility index (Phi) is 7.80. The summed E-state index contributed by atoms with van der Waals surface area (Å²) in [5.41, 5.74) is 1.87. The van der Waals surface area contributed by atoms with Crippen molar-refractivity contribution < 1.29 is 17.9 Å². The topological polar surface area (TPSA) is 87.7 Å². The summed E-state index contributed by atoms with van der Waals surface area (Å²) < 4.78 is 33.0. The van der Waals surface area contributed by atoms with E-state index in [0.717, 1.165) is 24.8 Å². The Balaban J connectivity index is 1.71. The van der Waals surface area contributed by atoms with E-state index < -0.39 is 10.0 Å². The minimum absolute atomic E-state index is 0.0248. The number of rotatable bonds is 8. The summed E-state index contributed by atoms with van der Waals surface area (Å²) in [5.74, 6) is 0.184. The second kappa shape index (κ2) is 10.3. The zero-order chi connectivity index (χ0) is 22.4. The minimum atomic E-state index is -3.57. The molecule has 3 rings (SSSR count). The van der Waals surface area contributed by atoms with Crippen LogP contribution in [0.25, 0.3) is 0 Å². The molecule has 2 aromatic rings. The van der Waals surface area contributed by atoms with Crippen molar-refractivity contribution in [2.24, 2.45) is 0 Å². The predicted octanol–water partition coefficient (Wildman–Crippen LogP) is 4.27. The molecule has 7 nitrogen and oxygen atoms in total. The summed E-state index contributed by atoms with van der Waals surface area (Å²) in [4.78, 5) is 12.7. The number of halogens is 1. The number of para-hydroxylation sites is 1. The molecule has 9 heteroatoms. The van der Waals surface area contributed by atoms with E-state index in [2.05, 4.69) is 10.6 Å². The van der Waals surface area contributed by atoms with Gasteiger partial charge in [0, 0.05) is 18.8 Å². The number of ether oxygens (including phenoxy) is 1. The summed E-state index contributed by atoms with van der Waals surface area (Å²) >= 11 is 6.17. The SMILES string of the molecule is CCOc1c(Cl)cccc1NCC(=O)Nc1cc(S(=O)(=O)N2CCCCC2)ccc1C. The molecule has 0 atom stereocenters. The number of sulfonamides is 1. The van der Waals surface area contributed by atoms with Crippen LogP contribution in [0.15, 0.2) is 41.3 Å². The minimum Gasteiger partial charge on any atom is -0.490 e. The van der Waals surface area contributed by atoms with Gasteiger partial charge >= 0.3 is 0 Å². The first-order chi connectivity index (χ1) is 14.8. The normalized spacial score (nSPS) is 14.8. The fourth-order valence-electron chi connectivity index (χ4n) is 3.46. The summed E-state index contributed by atoms with van der Waals surface area (Å²) in [6.45, 7) is 5.16. The van der Waals surface area contributed by atoms with Gasteiger partial charge in [0.1, 0.15) is 0 Å². The molecule has 0 bridgehead atoms. The van der Waals surface area contributed by atoms with Crippen LogP contribution in [0.3, 0.4) is 0 Å². The van der Waals surface area contributed by atoms with Crippen LogP contribution in [-0.2, 0) is 14.8 Å². The average Bonchev–Trinajstić information content (AvgIpc) is 2.76. The molecule has 1 aliphatic heterocycles. The highest BCUT2D eigenvalue weighted by atomic mass is 35.5. The zero-order valence-corrected chi connectivity index (χ0v) is 19.4. The maximum absolute atomic E-state index is 13.0. The van der Waals surface area contributed by atoms with Crippen molar-refractivity contribution in [3.05, 3.63) is 47.0 Å². The molecule has 1 aliphatic rings. The molecule has 168 valence electrons. The van der Waals surface area contributed by atoms with E-state index in [1.807, 2.05) is 13.8 Å². The Morgan fingerprint density at radius 1 is 1.13 bits per heavy atom. The smallest absolute Gasteiger partial charge is 0.243 e. The van der Waals surface area contributed by atoms with E-state index in [-0.39, 0.29) is 17.3 Å². The Morgan fingerprint density at radius 2 is 1.87 bits per heavy atom. The number of benzene rings is 2. The standard InChI is InChI=1S/C22H28ClN3O4S/c1-3-30-22-18(23)8-7-9-19(22)24-15-21(27)25-20-14-17(11-10-16(20)2)31(28,29)26-12-5-4-6-13-26/h7-11,14,24H,3-6,12-13,15H2,1-2H3,(H,25,27). The number of carbonyl (C=O) groups is 1.